The van der Waals surface area contributed by atoms with Gasteiger partial charge in [0.1, 0.15) is 11.9 Å². The smallest absolute Gasteiger partial charge is 0.410 e. The summed E-state index contributed by atoms with van der Waals surface area (Å²) in [5.74, 6) is 0.193. The number of aldehydes is 1. The zero-order valence-electron chi connectivity index (χ0n) is 12.2. The molecule has 4 heteroatoms. The van der Waals surface area contributed by atoms with Crippen LogP contribution in [0.5, 0.6) is 0 Å². The Kier molecular flexibility index (Phi) is 4.12. The van der Waals surface area contributed by atoms with Gasteiger partial charge in [-0.2, -0.15) is 0 Å². The predicted octanol–water partition coefficient (Wildman–Crippen LogP) is 2.98. The molecule has 0 N–H and O–H groups in total. The maximum Gasteiger partial charge on any atom is 0.410 e. The Hall–Kier alpha value is -1.84. The summed E-state index contributed by atoms with van der Waals surface area (Å²) in [5, 5.41) is 0. The van der Waals surface area contributed by atoms with Gasteiger partial charge in [-0.25, -0.2) is 4.79 Å². The summed E-state index contributed by atoms with van der Waals surface area (Å²) in [5.41, 5.74) is 0.612. The Morgan fingerprint density at radius 1 is 1.30 bits per heavy atom. The van der Waals surface area contributed by atoms with E-state index in [-0.39, 0.29) is 5.92 Å². The van der Waals surface area contributed by atoms with Crippen molar-refractivity contribution < 1.29 is 14.3 Å². The van der Waals surface area contributed by atoms with Crippen LogP contribution in [0.3, 0.4) is 0 Å². The minimum atomic E-state index is -0.546. The third-order valence-electron chi connectivity index (χ3n) is 3.40. The highest BCUT2D eigenvalue weighted by molar-refractivity contribution is 5.75. The molecule has 0 bridgehead atoms. The molecule has 1 aromatic rings. The lowest BCUT2D eigenvalue weighted by Crippen LogP contribution is -2.40. The van der Waals surface area contributed by atoms with E-state index >= 15 is 0 Å². The molecule has 4 nitrogen and oxygen atoms in total. The number of likely N-dealkylation sites (tertiary alicyclic amines) is 1. The highest BCUT2D eigenvalue weighted by Gasteiger charge is 2.37. The Labute approximate surface area is 119 Å². The Bertz CT molecular complexity index is 478. The fourth-order valence-electron chi connectivity index (χ4n) is 2.49. The number of carbonyl (C=O) groups is 2. The molecule has 2 atom stereocenters. The van der Waals surface area contributed by atoms with Gasteiger partial charge in [-0.1, -0.05) is 30.3 Å². The summed E-state index contributed by atoms with van der Waals surface area (Å²) >= 11 is 0. The van der Waals surface area contributed by atoms with Crippen molar-refractivity contribution in [3.05, 3.63) is 35.9 Å². The van der Waals surface area contributed by atoms with Gasteiger partial charge in [-0.05, 0) is 32.8 Å². The van der Waals surface area contributed by atoms with Gasteiger partial charge >= 0.3 is 6.09 Å². The van der Waals surface area contributed by atoms with Crippen molar-refractivity contribution in [2.24, 2.45) is 0 Å². The molecule has 0 radical (unpaired) electrons. The minimum Gasteiger partial charge on any atom is -0.444 e. The summed E-state index contributed by atoms with van der Waals surface area (Å²) < 4.78 is 5.37. The molecule has 0 aliphatic carbocycles. The van der Waals surface area contributed by atoms with Crippen LogP contribution in [0, 0.1) is 0 Å². The largest absolute Gasteiger partial charge is 0.444 e. The van der Waals surface area contributed by atoms with E-state index in [1.165, 1.54) is 4.90 Å². The molecule has 1 aliphatic rings. The van der Waals surface area contributed by atoms with E-state index in [4.69, 9.17) is 4.74 Å². The van der Waals surface area contributed by atoms with Gasteiger partial charge in [0.05, 0.1) is 6.04 Å². The first kappa shape index (κ1) is 14.6. The van der Waals surface area contributed by atoms with Gasteiger partial charge in [0.25, 0.3) is 0 Å². The summed E-state index contributed by atoms with van der Waals surface area (Å²) in [7, 11) is 0. The average Bonchev–Trinajstić information content (AvgIpc) is 2.82. The second-order valence-corrected chi connectivity index (χ2v) is 6.18. The summed E-state index contributed by atoms with van der Waals surface area (Å²) in [4.78, 5) is 24.9. The number of nitrogens with zero attached hydrogens (tertiary/aromatic N) is 1. The molecule has 1 saturated heterocycles. The van der Waals surface area contributed by atoms with E-state index in [2.05, 4.69) is 0 Å². The van der Waals surface area contributed by atoms with Crippen LogP contribution in [0.2, 0.25) is 0 Å². The van der Waals surface area contributed by atoms with Crippen LogP contribution < -0.4 is 0 Å². The molecule has 0 saturated carbocycles. The Morgan fingerprint density at radius 3 is 2.50 bits per heavy atom. The third-order valence-corrected chi connectivity index (χ3v) is 3.40. The topological polar surface area (TPSA) is 46.6 Å². The second-order valence-electron chi connectivity index (χ2n) is 6.18. The number of hydrogen-bond donors (Lipinski definition) is 0. The molecule has 1 aliphatic heterocycles. The molecule has 1 amide bonds. The molecule has 0 spiro atoms. The molecule has 1 fully saturated rings. The van der Waals surface area contributed by atoms with Crippen LogP contribution in [0.25, 0.3) is 0 Å². The van der Waals surface area contributed by atoms with Crippen LogP contribution in [0.15, 0.2) is 30.3 Å². The number of ether oxygens (including phenoxy) is 1. The van der Waals surface area contributed by atoms with Gasteiger partial charge < -0.3 is 9.53 Å². The first-order valence-electron chi connectivity index (χ1n) is 6.90. The maximum absolute atomic E-state index is 12.2. The fourth-order valence-corrected chi connectivity index (χ4v) is 2.49. The van der Waals surface area contributed by atoms with Gasteiger partial charge in [0.15, 0.2) is 0 Å². The van der Waals surface area contributed by atoms with Gasteiger partial charge in [-0.3, -0.25) is 4.90 Å². The number of carbonyl (C=O) groups excluding carboxylic acids is 2. The van der Waals surface area contributed by atoms with E-state index in [1.807, 2.05) is 51.1 Å². The normalized spacial score (nSPS) is 22.6. The Morgan fingerprint density at radius 2 is 1.95 bits per heavy atom. The van der Waals surface area contributed by atoms with Gasteiger partial charge in [-0.15, -0.1) is 0 Å². The van der Waals surface area contributed by atoms with Crippen LogP contribution in [-0.4, -0.2) is 35.5 Å². The lowest BCUT2D eigenvalue weighted by atomic mass is 9.97. The van der Waals surface area contributed by atoms with Crippen molar-refractivity contribution in [3.63, 3.8) is 0 Å². The molecule has 1 aromatic carbocycles. The van der Waals surface area contributed by atoms with Gasteiger partial charge in [0, 0.05) is 12.5 Å². The molecule has 108 valence electrons. The molecular formula is C16H21NO3. The highest BCUT2D eigenvalue weighted by Crippen LogP contribution is 2.31. The zero-order valence-corrected chi connectivity index (χ0v) is 12.2. The molecule has 1 heterocycles. The van der Waals surface area contributed by atoms with Crippen LogP contribution in [-0.2, 0) is 9.53 Å². The van der Waals surface area contributed by atoms with Crippen molar-refractivity contribution in [3.8, 4) is 0 Å². The SMILES string of the molecule is CC(C)(C)OC(=O)N1CC(c2ccccc2)CC1C=O. The minimum absolute atomic E-state index is 0.193. The van der Waals surface area contributed by atoms with Crippen molar-refractivity contribution in [2.75, 3.05) is 6.54 Å². The quantitative estimate of drug-likeness (QED) is 0.779. The standard InChI is InChI=1S/C16H21NO3/c1-16(2,3)20-15(19)17-10-13(9-14(17)11-18)12-7-5-4-6-8-12/h4-8,11,13-14H,9-10H2,1-3H3. The molecule has 2 unspecified atom stereocenters. The lowest BCUT2D eigenvalue weighted by Gasteiger charge is -2.26. The van der Waals surface area contributed by atoms with E-state index in [0.717, 1.165) is 11.8 Å². The summed E-state index contributed by atoms with van der Waals surface area (Å²) in [6.07, 6.45) is 1.09. The van der Waals surface area contributed by atoms with E-state index in [9.17, 15) is 9.59 Å². The lowest BCUT2D eigenvalue weighted by molar-refractivity contribution is -0.111. The van der Waals surface area contributed by atoms with E-state index in [1.54, 1.807) is 0 Å². The average molecular weight is 275 g/mol. The van der Waals surface area contributed by atoms with Crippen molar-refractivity contribution in [1.29, 1.82) is 0 Å². The molecule has 0 aromatic heterocycles. The van der Waals surface area contributed by atoms with Crippen molar-refractivity contribution in [2.45, 2.75) is 44.8 Å². The number of hydrogen-bond acceptors (Lipinski definition) is 3. The Balaban J connectivity index is 2.11. The monoisotopic (exact) mass is 275 g/mol. The number of rotatable bonds is 2. The van der Waals surface area contributed by atoms with Crippen LogP contribution in [0.1, 0.15) is 38.7 Å². The molecular weight excluding hydrogens is 254 g/mol. The second kappa shape index (κ2) is 5.65. The van der Waals surface area contributed by atoms with Gasteiger partial charge in [0.2, 0.25) is 0 Å². The first-order valence-corrected chi connectivity index (χ1v) is 6.90. The summed E-state index contributed by atoms with van der Waals surface area (Å²) in [6.45, 7) is 6.00. The van der Waals surface area contributed by atoms with E-state index < -0.39 is 17.7 Å². The first-order chi connectivity index (χ1) is 9.40. The van der Waals surface area contributed by atoms with Crippen LogP contribution >= 0.6 is 0 Å². The maximum atomic E-state index is 12.2. The number of benzene rings is 1. The van der Waals surface area contributed by atoms with Crippen LogP contribution in [0.4, 0.5) is 4.79 Å². The molecule has 20 heavy (non-hydrogen) atoms. The highest BCUT2D eigenvalue weighted by atomic mass is 16.6. The number of amides is 1. The summed E-state index contributed by atoms with van der Waals surface area (Å²) in [6, 6.07) is 9.58. The van der Waals surface area contributed by atoms with E-state index in [0.29, 0.717) is 13.0 Å². The zero-order chi connectivity index (χ0) is 14.8. The molecule has 2 rings (SSSR count). The van der Waals surface area contributed by atoms with Crippen molar-refractivity contribution >= 4 is 12.4 Å². The third kappa shape index (κ3) is 3.38. The fraction of sp³-hybridized carbons (Fsp3) is 0.500. The predicted molar refractivity (Wildman–Crippen MR) is 76.6 cm³/mol. The van der Waals surface area contributed by atoms with Crippen molar-refractivity contribution in [1.82, 2.24) is 4.90 Å².